The summed E-state index contributed by atoms with van der Waals surface area (Å²) < 4.78 is 2.08. The lowest BCUT2D eigenvalue weighted by Crippen LogP contribution is -2.25. The number of fused-ring (bicyclic) bond motifs is 2. The highest BCUT2D eigenvalue weighted by molar-refractivity contribution is 6.35. The van der Waals surface area contributed by atoms with Crippen LogP contribution in [0, 0.1) is 5.92 Å². The molecule has 1 amide bonds. The van der Waals surface area contributed by atoms with Crippen molar-refractivity contribution < 1.29 is 4.79 Å². The number of nitrogens with zero attached hydrogens (tertiary/aromatic N) is 3. The van der Waals surface area contributed by atoms with Crippen LogP contribution in [0.3, 0.4) is 0 Å². The van der Waals surface area contributed by atoms with Crippen LogP contribution < -0.4 is 11.1 Å². The minimum Gasteiger partial charge on any atom is -0.382 e. The third-order valence-electron chi connectivity index (χ3n) is 6.17. The zero-order chi connectivity index (χ0) is 20.7. The smallest absolute Gasteiger partial charge is 0.207 e. The van der Waals surface area contributed by atoms with Crippen molar-refractivity contribution in [2.45, 2.75) is 31.6 Å². The molecule has 1 aromatic carbocycles. The SMILES string of the molecule is Nc1nccn2c1c(-c1cc3cccc(Cl)c3[nH]1)nc2[C@H]1CC[C@H](CNC=O)CC1. The van der Waals surface area contributed by atoms with E-state index in [0.29, 0.717) is 22.7 Å². The Morgan fingerprint density at radius 2 is 2.13 bits per heavy atom. The van der Waals surface area contributed by atoms with Gasteiger partial charge in [-0.2, -0.15) is 0 Å². The van der Waals surface area contributed by atoms with Gasteiger partial charge >= 0.3 is 0 Å². The van der Waals surface area contributed by atoms with E-state index < -0.39 is 0 Å². The highest BCUT2D eigenvalue weighted by Gasteiger charge is 2.27. The number of carbonyl (C=O) groups is 1. The maximum absolute atomic E-state index is 10.6. The number of aromatic nitrogens is 4. The quantitative estimate of drug-likeness (QED) is 0.421. The second-order valence-corrected chi connectivity index (χ2v) is 8.39. The number of nitrogens with one attached hydrogen (secondary N) is 2. The highest BCUT2D eigenvalue weighted by atomic mass is 35.5. The van der Waals surface area contributed by atoms with Gasteiger partial charge in [0.2, 0.25) is 6.41 Å². The predicted molar refractivity (Wildman–Crippen MR) is 118 cm³/mol. The number of aromatic amines is 1. The van der Waals surface area contributed by atoms with Gasteiger partial charge in [0.25, 0.3) is 0 Å². The summed E-state index contributed by atoms with van der Waals surface area (Å²) >= 11 is 6.36. The summed E-state index contributed by atoms with van der Waals surface area (Å²) in [6.07, 6.45) is 8.64. The summed E-state index contributed by atoms with van der Waals surface area (Å²) in [5.74, 6) is 2.34. The Bertz CT molecular complexity index is 1220. The number of anilines is 1. The molecule has 0 bridgehead atoms. The molecule has 154 valence electrons. The lowest BCUT2D eigenvalue weighted by molar-refractivity contribution is -0.109. The molecule has 0 radical (unpaired) electrons. The molecule has 1 aliphatic rings. The second kappa shape index (κ2) is 7.65. The van der Waals surface area contributed by atoms with Gasteiger partial charge in [0.1, 0.15) is 22.9 Å². The van der Waals surface area contributed by atoms with Gasteiger partial charge in [0, 0.05) is 30.2 Å². The summed E-state index contributed by atoms with van der Waals surface area (Å²) in [6, 6.07) is 7.89. The molecule has 7 nitrogen and oxygen atoms in total. The molecule has 1 fully saturated rings. The summed E-state index contributed by atoms with van der Waals surface area (Å²) in [7, 11) is 0. The largest absolute Gasteiger partial charge is 0.382 e. The number of hydrogen-bond donors (Lipinski definition) is 3. The van der Waals surface area contributed by atoms with Gasteiger partial charge in [-0.05, 0) is 43.7 Å². The van der Waals surface area contributed by atoms with Gasteiger partial charge in [0.15, 0.2) is 0 Å². The molecule has 3 heterocycles. The number of benzene rings is 1. The molecule has 0 atom stereocenters. The zero-order valence-electron chi connectivity index (χ0n) is 16.4. The summed E-state index contributed by atoms with van der Waals surface area (Å²) in [4.78, 5) is 23.4. The Morgan fingerprint density at radius 3 is 2.90 bits per heavy atom. The maximum atomic E-state index is 10.6. The fourth-order valence-electron chi connectivity index (χ4n) is 4.65. The molecule has 1 aliphatic carbocycles. The van der Waals surface area contributed by atoms with E-state index >= 15 is 0 Å². The van der Waals surface area contributed by atoms with E-state index in [1.807, 2.05) is 24.4 Å². The van der Waals surface area contributed by atoms with Crippen molar-refractivity contribution in [3.05, 3.63) is 47.5 Å². The fourth-order valence-corrected chi connectivity index (χ4v) is 4.88. The lowest BCUT2D eigenvalue weighted by atomic mass is 9.81. The van der Waals surface area contributed by atoms with Crippen LogP contribution >= 0.6 is 11.6 Å². The molecule has 8 heteroatoms. The number of para-hydroxylation sites is 1. The lowest BCUT2D eigenvalue weighted by Gasteiger charge is -2.27. The van der Waals surface area contributed by atoms with Gasteiger partial charge in [0.05, 0.1) is 16.2 Å². The number of rotatable bonds is 5. The van der Waals surface area contributed by atoms with Crippen molar-refractivity contribution in [3.63, 3.8) is 0 Å². The van der Waals surface area contributed by atoms with Crippen molar-refractivity contribution in [1.29, 1.82) is 0 Å². The van der Waals surface area contributed by atoms with Crippen LogP contribution in [0.1, 0.15) is 37.4 Å². The molecule has 1 saturated carbocycles. The highest BCUT2D eigenvalue weighted by Crippen LogP contribution is 2.39. The Hall–Kier alpha value is -3.06. The Labute approximate surface area is 178 Å². The van der Waals surface area contributed by atoms with Gasteiger partial charge in [-0.15, -0.1) is 0 Å². The van der Waals surface area contributed by atoms with Gasteiger partial charge in [-0.3, -0.25) is 9.20 Å². The maximum Gasteiger partial charge on any atom is 0.207 e. The van der Waals surface area contributed by atoms with Gasteiger partial charge < -0.3 is 16.0 Å². The molecular weight excluding hydrogens is 400 g/mol. The average Bonchev–Trinajstić information content (AvgIpc) is 3.36. The number of amides is 1. The Kier molecular flexibility index (Phi) is 4.83. The summed E-state index contributed by atoms with van der Waals surface area (Å²) in [5.41, 5.74) is 9.67. The molecule has 0 aliphatic heterocycles. The van der Waals surface area contributed by atoms with Crippen LogP contribution in [-0.2, 0) is 4.79 Å². The van der Waals surface area contributed by atoms with Crippen LogP contribution in [-0.4, -0.2) is 32.3 Å². The van der Waals surface area contributed by atoms with E-state index in [1.165, 1.54) is 0 Å². The van der Waals surface area contributed by atoms with Crippen LogP contribution in [0.2, 0.25) is 5.02 Å². The molecule has 4 aromatic rings. The Balaban J connectivity index is 1.56. The topological polar surface area (TPSA) is 101 Å². The fraction of sp³-hybridized carbons (Fsp3) is 0.318. The molecule has 3 aromatic heterocycles. The molecule has 0 saturated heterocycles. The first-order chi connectivity index (χ1) is 14.7. The average molecular weight is 423 g/mol. The molecular formula is C22H23ClN6O. The van der Waals surface area contributed by atoms with Crippen LogP contribution in [0.4, 0.5) is 5.82 Å². The van der Waals surface area contributed by atoms with Crippen molar-refractivity contribution in [3.8, 4) is 11.4 Å². The van der Waals surface area contributed by atoms with Gasteiger partial charge in [-0.25, -0.2) is 9.97 Å². The van der Waals surface area contributed by atoms with E-state index in [1.54, 1.807) is 6.20 Å². The first-order valence-corrected chi connectivity index (χ1v) is 10.6. The normalized spacial score (nSPS) is 19.4. The van der Waals surface area contributed by atoms with E-state index in [4.69, 9.17) is 22.3 Å². The van der Waals surface area contributed by atoms with E-state index in [2.05, 4.69) is 25.8 Å². The molecule has 30 heavy (non-hydrogen) atoms. The zero-order valence-corrected chi connectivity index (χ0v) is 17.2. The van der Waals surface area contributed by atoms with Gasteiger partial charge in [-0.1, -0.05) is 23.7 Å². The third-order valence-corrected chi connectivity index (χ3v) is 6.49. The molecule has 5 rings (SSSR count). The van der Waals surface area contributed by atoms with Crippen LogP contribution in [0.25, 0.3) is 27.8 Å². The monoisotopic (exact) mass is 422 g/mol. The molecule has 4 N–H and O–H groups in total. The third kappa shape index (κ3) is 3.19. The van der Waals surface area contributed by atoms with Crippen molar-refractivity contribution in [1.82, 2.24) is 24.7 Å². The Morgan fingerprint density at radius 1 is 1.30 bits per heavy atom. The second-order valence-electron chi connectivity index (χ2n) is 7.98. The standard InChI is InChI=1S/C22H23ClN6O/c23-16-3-1-2-15-10-17(27-18(15)16)19-20-21(24)26-8-9-29(20)22(28-19)14-6-4-13(5-7-14)11-25-12-30/h1-3,8-10,12-14,27H,4-7,11H2,(H2,24,26)(H,25,30)/t13-,14-. The van der Waals surface area contributed by atoms with Crippen LogP contribution in [0.15, 0.2) is 36.7 Å². The number of hydrogen-bond acceptors (Lipinski definition) is 4. The molecule has 0 unspecified atom stereocenters. The van der Waals surface area contributed by atoms with Crippen molar-refractivity contribution in [2.75, 3.05) is 12.3 Å². The predicted octanol–water partition coefficient (Wildman–Crippen LogP) is 4.13. The minimum atomic E-state index is 0.341. The first kappa shape index (κ1) is 18.9. The number of imidazole rings is 1. The van der Waals surface area contributed by atoms with Crippen molar-refractivity contribution >= 4 is 40.2 Å². The number of nitrogen functional groups attached to an aromatic ring is 1. The summed E-state index contributed by atoms with van der Waals surface area (Å²) in [6.45, 7) is 0.747. The molecule has 0 spiro atoms. The number of halogens is 1. The summed E-state index contributed by atoms with van der Waals surface area (Å²) in [5, 5.41) is 4.52. The number of carbonyl (C=O) groups excluding carboxylic acids is 1. The van der Waals surface area contributed by atoms with Crippen molar-refractivity contribution in [2.24, 2.45) is 5.92 Å². The van der Waals surface area contributed by atoms with Crippen LogP contribution in [0.5, 0.6) is 0 Å². The number of nitrogens with two attached hydrogens (primary N) is 1. The van der Waals surface area contributed by atoms with E-state index in [-0.39, 0.29) is 0 Å². The van der Waals surface area contributed by atoms with E-state index in [9.17, 15) is 4.79 Å². The first-order valence-electron chi connectivity index (χ1n) is 10.2. The van der Waals surface area contributed by atoms with E-state index in [0.717, 1.165) is 72.3 Å². The number of H-pyrrole nitrogens is 1. The minimum absolute atomic E-state index is 0.341.